The molecule has 1 N–H and O–H groups in total. The monoisotopic (exact) mass is 366 g/mol. The van der Waals surface area contributed by atoms with Crippen LogP contribution in [0.1, 0.15) is 35.4 Å². The second-order valence-electron chi connectivity index (χ2n) is 7.92. The van der Waals surface area contributed by atoms with E-state index in [1.807, 2.05) is 18.0 Å². The molecule has 1 aromatic carbocycles. The van der Waals surface area contributed by atoms with E-state index in [0.29, 0.717) is 13.1 Å². The van der Waals surface area contributed by atoms with Gasteiger partial charge >= 0.3 is 0 Å². The zero-order valence-corrected chi connectivity index (χ0v) is 15.9. The smallest absolute Gasteiger partial charge is 0.244 e. The molecule has 1 saturated heterocycles. The van der Waals surface area contributed by atoms with Gasteiger partial charge < -0.3 is 10.2 Å². The van der Waals surface area contributed by atoms with Crippen LogP contribution in [0, 0.1) is 19.8 Å². The van der Waals surface area contributed by atoms with Gasteiger partial charge in [0, 0.05) is 31.1 Å². The van der Waals surface area contributed by atoms with Gasteiger partial charge in [0.15, 0.2) is 0 Å². The van der Waals surface area contributed by atoms with Gasteiger partial charge in [-0.05, 0) is 37.8 Å². The van der Waals surface area contributed by atoms with Crippen LogP contribution in [0.25, 0.3) is 0 Å². The SMILES string of the molecule is Cc1ccc([C@H]2CN(C(=O)Cn3cc(C)cn3)C[C@@H]2NC(=O)C2CC2)cc1. The summed E-state index contributed by atoms with van der Waals surface area (Å²) in [6, 6.07) is 8.37. The van der Waals surface area contributed by atoms with Crippen LogP contribution < -0.4 is 5.32 Å². The maximum absolute atomic E-state index is 12.8. The lowest BCUT2D eigenvalue weighted by molar-refractivity contribution is -0.131. The Kier molecular flexibility index (Phi) is 4.72. The number of rotatable bonds is 5. The van der Waals surface area contributed by atoms with Gasteiger partial charge in [0.25, 0.3) is 0 Å². The number of aromatic nitrogens is 2. The lowest BCUT2D eigenvalue weighted by atomic mass is 9.93. The summed E-state index contributed by atoms with van der Waals surface area (Å²) in [5.41, 5.74) is 3.42. The molecule has 4 rings (SSSR count). The van der Waals surface area contributed by atoms with Gasteiger partial charge in [0.1, 0.15) is 6.54 Å². The second-order valence-corrected chi connectivity index (χ2v) is 7.92. The molecule has 2 aromatic rings. The molecule has 142 valence electrons. The van der Waals surface area contributed by atoms with Crippen molar-refractivity contribution in [3.63, 3.8) is 0 Å². The van der Waals surface area contributed by atoms with E-state index in [1.165, 1.54) is 11.1 Å². The van der Waals surface area contributed by atoms with Crippen molar-refractivity contribution in [2.45, 2.75) is 45.2 Å². The number of nitrogens with zero attached hydrogens (tertiary/aromatic N) is 3. The van der Waals surface area contributed by atoms with Crippen LogP contribution in [0.3, 0.4) is 0 Å². The maximum atomic E-state index is 12.8. The average molecular weight is 366 g/mol. The fourth-order valence-corrected chi connectivity index (χ4v) is 3.74. The zero-order valence-electron chi connectivity index (χ0n) is 15.9. The Morgan fingerprint density at radius 3 is 2.48 bits per heavy atom. The zero-order chi connectivity index (χ0) is 19.0. The Labute approximate surface area is 159 Å². The van der Waals surface area contributed by atoms with Crippen molar-refractivity contribution in [2.75, 3.05) is 13.1 Å². The van der Waals surface area contributed by atoms with E-state index in [0.717, 1.165) is 18.4 Å². The quantitative estimate of drug-likeness (QED) is 0.880. The first kappa shape index (κ1) is 17.8. The van der Waals surface area contributed by atoms with Crippen LogP contribution >= 0.6 is 0 Å². The van der Waals surface area contributed by atoms with E-state index in [9.17, 15) is 9.59 Å². The first-order chi connectivity index (χ1) is 13.0. The van der Waals surface area contributed by atoms with Crippen molar-refractivity contribution in [1.29, 1.82) is 0 Å². The van der Waals surface area contributed by atoms with E-state index < -0.39 is 0 Å². The summed E-state index contributed by atoms with van der Waals surface area (Å²) in [7, 11) is 0. The summed E-state index contributed by atoms with van der Waals surface area (Å²) < 4.78 is 1.68. The fourth-order valence-electron chi connectivity index (χ4n) is 3.74. The normalized spacial score (nSPS) is 22.1. The van der Waals surface area contributed by atoms with Crippen molar-refractivity contribution >= 4 is 11.8 Å². The van der Waals surface area contributed by atoms with Crippen LogP contribution in [0.5, 0.6) is 0 Å². The molecule has 6 nitrogen and oxygen atoms in total. The topological polar surface area (TPSA) is 67.2 Å². The van der Waals surface area contributed by atoms with Crippen LogP contribution in [0.15, 0.2) is 36.7 Å². The van der Waals surface area contributed by atoms with E-state index in [-0.39, 0.29) is 36.2 Å². The molecule has 2 heterocycles. The molecule has 2 amide bonds. The Morgan fingerprint density at radius 1 is 1.11 bits per heavy atom. The number of amides is 2. The summed E-state index contributed by atoms with van der Waals surface area (Å²) in [5, 5.41) is 7.41. The number of aryl methyl sites for hydroxylation is 2. The predicted octanol–water partition coefficient (Wildman–Crippen LogP) is 2.02. The van der Waals surface area contributed by atoms with Crippen LogP contribution in [0.4, 0.5) is 0 Å². The minimum Gasteiger partial charge on any atom is -0.351 e. The third-order valence-corrected chi connectivity index (χ3v) is 5.51. The largest absolute Gasteiger partial charge is 0.351 e. The summed E-state index contributed by atoms with van der Waals surface area (Å²) in [6.07, 6.45) is 5.59. The van der Waals surface area contributed by atoms with Gasteiger partial charge in [-0.2, -0.15) is 5.10 Å². The maximum Gasteiger partial charge on any atom is 0.244 e. The summed E-state index contributed by atoms with van der Waals surface area (Å²) >= 11 is 0. The van der Waals surface area contributed by atoms with Crippen LogP contribution in [-0.2, 0) is 16.1 Å². The van der Waals surface area contributed by atoms with Crippen LogP contribution in [-0.4, -0.2) is 45.6 Å². The van der Waals surface area contributed by atoms with Crippen molar-refractivity contribution in [3.8, 4) is 0 Å². The molecule has 0 unspecified atom stereocenters. The van der Waals surface area contributed by atoms with E-state index in [4.69, 9.17) is 0 Å². The fraction of sp³-hybridized carbons (Fsp3) is 0.476. The molecule has 1 saturated carbocycles. The molecule has 1 aliphatic carbocycles. The molecule has 6 heteroatoms. The Hall–Kier alpha value is -2.63. The lowest BCUT2D eigenvalue weighted by Crippen LogP contribution is -2.41. The van der Waals surface area contributed by atoms with Crippen molar-refractivity contribution in [2.24, 2.45) is 5.92 Å². The number of nitrogens with one attached hydrogen (secondary N) is 1. The van der Waals surface area contributed by atoms with E-state index in [2.05, 4.69) is 41.6 Å². The van der Waals surface area contributed by atoms with E-state index >= 15 is 0 Å². The molecule has 0 spiro atoms. The first-order valence-electron chi connectivity index (χ1n) is 9.63. The van der Waals surface area contributed by atoms with Crippen LogP contribution in [0.2, 0.25) is 0 Å². The number of likely N-dealkylation sites (tertiary alicyclic amines) is 1. The number of hydrogen-bond acceptors (Lipinski definition) is 3. The highest BCUT2D eigenvalue weighted by atomic mass is 16.2. The molecule has 2 aliphatic rings. The highest BCUT2D eigenvalue weighted by Gasteiger charge is 2.39. The third-order valence-electron chi connectivity index (χ3n) is 5.51. The molecule has 1 aliphatic heterocycles. The number of carbonyl (C=O) groups is 2. The molecule has 0 bridgehead atoms. The van der Waals surface area contributed by atoms with Gasteiger partial charge in [-0.15, -0.1) is 0 Å². The van der Waals surface area contributed by atoms with Gasteiger partial charge in [-0.1, -0.05) is 29.8 Å². The molecular weight excluding hydrogens is 340 g/mol. The van der Waals surface area contributed by atoms with Crippen molar-refractivity contribution in [3.05, 3.63) is 53.3 Å². The molecular formula is C21H26N4O2. The predicted molar refractivity (Wildman–Crippen MR) is 102 cm³/mol. The Balaban J connectivity index is 1.49. The third kappa shape index (κ3) is 4.04. The summed E-state index contributed by atoms with van der Waals surface area (Å²) in [6.45, 7) is 5.43. The highest BCUT2D eigenvalue weighted by molar-refractivity contribution is 5.82. The second kappa shape index (κ2) is 7.18. The standard InChI is InChI=1S/C21H26N4O2/c1-14-3-5-16(6-4-14)18-11-24(12-19(18)23-21(27)17-7-8-17)20(26)13-25-10-15(2)9-22-25/h3-6,9-10,17-19H,7-8,11-13H2,1-2H3,(H,23,27)/t18-,19+/m1/s1. The minimum atomic E-state index is -0.0379. The number of hydrogen-bond donors (Lipinski definition) is 1. The first-order valence-corrected chi connectivity index (χ1v) is 9.63. The molecule has 0 radical (unpaired) electrons. The molecule has 1 aromatic heterocycles. The van der Waals surface area contributed by atoms with E-state index in [1.54, 1.807) is 10.9 Å². The molecule has 2 fully saturated rings. The van der Waals surface area contributed by atoms with Gasteiger partial charge in [0.2, 0.25) is 11.8 Å². The summed E-state index contributed by atoms with van der Waals surface area (Å²) in [4.78, 5) is 27.0. The summed E-state index contributed by atoms with van der Waals surface area (Å²) in [5.74, 6) is 0.463. The number of benzene rings is 1. The van der Waals surface area contributed by atoms with Gasteiger partial charge in [-0.3, -0.25) is 14.3 Å². The lowest BCUT2D eigenvalue weighted by Gasteiger charge is -2.20. The Bertz CT molecular complexity index is 838. The average Bonchev–Trinajstić information content (AvgIpc) is 3.30. The molecule has 27 heavy (non-hydrogen) atoms. The minimum absolute atomic E-state index is 0.0379. The highest BCUT2D eigenvalue weighted by Crippen LogP contribution is 2.32. The Morgan fingerprint density at radius 2 is 1.85 bits per heavy atom. The number of carbonyl (C=O) groups excluding carboxylic acids is 2. The molecule has 2 atom stereocenters. The van der Waals surface area contributed by atoms with Crippen molar-refractivity contribution < 1.29 is 9.59 Å². The van der Waals surface area contributed by atoms with Crippen molar-refractivity contribution in [1.82, 2.24) is 20.0 Å². The van der Waals surface area contributed by atoms with Gasteiger partial charge in [0.05, 0.1) is 12.2 Å². The van der Waals surface area contributed by atoms with Gasteiger partial charge in [-0.25, -0.2) is 0 Å².